The van der Waals surface area contributed by atoms with Crippen molar-refractivity contribution in [1.29, 1.82) is 0 Å². The van der Waals surface area contributed by atoms with E-state index in [9.17, 15) is 0 Å². The summed E-state index contributed by atoms with van der Waals surface area (Å²) in [5.41, 5.74) is 4.54. The molecule has 4 heteroatoms. The van der Waals surface area contributed by atoms with Crippen LogP contribution in [0.25, 0.3) is 5.69 Å². The number of aromatic nitrogens is 2. The van der Waals surface area contributed by atoms with Crippen molar-refractivity contribution in [1.82, 2.24) is 15.1 Å². The van der Waals surface area contributed by atoms with Crippen molar-refractivity contribution in [3.05, 3.63) is 45.7 Å². The second kappa shape index (κ2) is 5.67. The number of hydrogen-bond donors (Lipinski definition) is 1. The second-order valence-electron chi connectivity index (χ2n) is 4.34. The largest absolute Gasteiger partial charge is 0.313 e. The van der Waals surface area contributed by atoms with Gasteiger partial charge < -0.3 is 5.32 Å². The van der Waals surface area contributed by atoms with Crippen LogP contribution < -0.4 is 5.32 Å². The minimum absolute atomic E-state index is 0.914. The van der Waals surface area contributed by atoms with Crippen LogP contribution in [0.3, 0.4) is 0 Å². The summed E-state index contributed by atoms with van der Waals surface area (Å²) in [6.07, 6.45) is 0. The van der Waals surface area contributed by atoms with Gasteiger partial charge in [-0.15, -0.1) is 0 Å². The average Bonchev–Trinajstić information content (AvgIpc) is 2.65. The van der Waals surface area contributed by atoms with Gasteiger partial charge in [-0.25, -0.2) is 4.68 Å². The van der Waals surface area contributed by atoms with Crippen LogP contribution in [0, 0.1) is 13.8 Å². The molecule has 0 bridgehead atoms. The van der Waals surface area contributed by atoms with Gasteiger partial charge in [0.25, 0.3) is 0 Å². The normalized spacial score (nSPS) is 10.9. The number of nitrogens with one attached hydrogen (secondary N) is 1. The Morgan fingerprint density at radius 3 is 2.39 bits per heavy atom. The molecule has 0 fully saturated rings. The van der Waals surface area contributed by atoms with Gasteiger partial charge >= 0.3 is 0 Å². The SMILES string of the molecule is CCNCc1ccc(-n2nc(C)c(Br)c2C)cc1. The zero-order valence-electron chi connectivity index (χ0n) is 11.0. The maximum atomic E-state index is 4.53. The number of aryl methyl sites for hydroxylation is 1. The van der Waals surface area contributed by atoms with Crippen molar-refractivity contribution in [3.8, 4) is 5.69 Å². The Balaban J connectivity index is 2.26. The zero-order chi connectivity index (χ0) is 13.1. The number of nitrogens with zero attached hydrogens (tertiary/aromatic N) is 2. The van der Waals surface area contributed by atoms with Gasteiger partial charge in [0, 0.05) is 6.54 Å². The fourth-order valence-electron chi connectivity index (χ4n) is 1.90. The molecular formula is C14H18BrN3. The van der Waals surface area contributed by atoms with Gasteiger partial charge in [0.1, 0.15) is 0 Å². The van der Waals surface area contributed by atoms with Crippen LogP contribution >= 0.6 is 15.9 Å². The Kier molecular flexibility index (Phi) is 4.19. The van der Waals surface area contributed by atoms with Crippen LogP contribution in [-0.4, -0.2) is 16.3 Å². The smallest absolute Gasteiger partial charge is 0.0743 e. The lowest BCUT2D eigenvalue weighted by Crippen LogP contribution is -2.11. The molecule has 0 amide bonds. The molecule has 1 N–H and O–H groups in total. The van der Waals surface area contributed by atoms with E-state index in [-0.39, 0.29) is 0 Å². The number of rotatable bonds is 4. The summed E-state index contributed by atoms with van der Waals surface area (Å²) in [6, 6.07) is 8.50. The standard InChI is InChI=1S/C14H18BrN3/c1-4-16-9-12-5-7-13(8-6-12)18-11(3)14(15)10(2)17-18/h5-8,16H,4,9H2,1-3H3. The summed E-state index contributed by atoms with van der Waals surface area (Å²) >= 11 is 3.55. The fourth-order valence-corrected chi connectivity index (χ4v) is 2.15. The number of hydrogen-bond acceptors (Lipinski definition) is 2. The average molecular weight is 308 g/mol. The molecule has 2 aromatic rings. The van der Waals surface area contributed by atoms with E-state index in [1.54, 1.807) is 0 Å². The molecule has 1 aromatic heterocycles. The topological polar surface area (TPSA) is 29.9 Å². The van der Waals surface area contributed by atoms with Crippen molar-refractivity contribution >= 4 is 15.9 Å². The minimum atomic E-state index is 0.914. The summed E-state index contributed by atoms with van der Waals surface area (Å²) in [4.78, 5) is 0. The highest BCUT2D eigenvalue weighted by Crippen LogP contribution is 2.22. The summed E-state index contributed by atoms with van der Waals surface area (Å²) < 4.78 is 3.05. The van der Waals surface area contributed by atoms with E-state index in [1.807, 2.05) is 11.6 Å². The lowest BCUT2D eigenvalue weighted by atomic mass is 10.2. The monoisotopic (exact) mass is 307 g/mol. The van der Waals surface area contributed by atoms with Crippen LogP contribution in [0.1, 0.15) is 23.9 Å². The maximum Gasteiger partial charge on any atom is 0.0743 e. The lowest BCUT2D eigenvalue weighted by Gasteiger charge is -2.06. The first-order chi connectivity index (χ1) is 8.63. The third kappa shape index (κ3) is 2.65. The van der Waals surface area contributed by atoms with Gasteiger partial charge in [0.15, 0.2) is 0 Å². The van der Waals surface area contributed by atoms with Gasteiger partial charge in [-0.3, -0.25) is 0 Å². The summed E-state index contributed by atoms with van der Waals surface area (Å²) in [5, 5.41) is 7.84. The fraction of sp³-hybridized carbons (Fsp3) is 0.357. The van der Waals surface area contributed by atoms with Crippen LogP contribution in [0.5, 0.6) is 0 Å². The molecule has 0 atom stereocenters. The Hall–Kier alpha value is -1.13. The first-order valence-electron chi connectivity index (χ1n) is 6.15. The molecule has 3 nitrogen and oxygen atoms in total. The van der Waals surface area contributed by atoms with E-state index in [0.717, 1.165) is 34.6 Å². The molecule has 0 saturated carbocycles. The van der Waals surface area contributed by atoms with Crippen LogP contribution in [0.4, 0.5) is 0 Å². The Morgan fingerprint density at radius 2 is 1.89 bits per heavy atom. The molecule has 18 heavy (non-hydrogen) atoms. The van der Waals surface area contributed by atoms with Gasteiger partial charge in [0.2, 0.25) is 0 Å². The van der Waals surface area contributed by atoms with E-state index in [1.165, 1.54) is 5.56 Å². The van der Waals surface area contributed by atoms with Crippen molar-refractivity contribution in [3.63, 3.8) is 0 Å². The van der Waals surface area contributed by atoms with E-state index in [4.69, 9.17) is 0 Å². The third-order valence-corrected chi connectivity index (χ3v) is 4.11. The van der Waals surface area contributed by atoms with Crippen molar-refractivity contribution < 1.29 is 0 Å². The highest BCUT2D eigenvalue weighted by atomic mass is 79.9. The molecule has 0 unspecified atom stereocenters. The predicted octanol–water partition coefficient (Wildman–Crippen LogP) is 3.36. The minimum Gasteiger partial charge on any atom is -0.313 e. The first kappa shape index (κ1) is 13.3. The predicted molar refractivity (Wildman–Crippen MR) is 78.1 cm³/mol. The molecule has 0 saturated heterocycles. The Morgan fingerprint density at radius 1 is 1.22 bits per heavy atom. The zero-order valence-corrected chi connectivity index (χ0v) is 12.6. The van der Waals surface area contributed by atoms with Gasteiger partial charge in [-0.05, 0) is 54.0 Å². The molecule has 1 aromatic carbocycles. The van der Waals surface area contributed by atoms with Gasteiger partial charge in [-0.2, -0.15) is 5.10 Å². The van der Waals surface area contributed by atoms with E-state index < -0.39 is 0 Å². The highest BCUT2D eigenvalue weighted by Gasteiger charge is 2.09. The van der Waals surface area contributed by atoms with Gasteiger partial charge in [-0.1, -0.05) is 19.1 Å². The van der Waals surface area contributed by atoms with Crippen molar-refractivity contribution in [2.75, 3.05) is 6.54 Å². The highest BCUT2D eigenvalue weighted by molar-refractivity contribution is 9.10. The van der Waals surface area contributed by atoms with Crippen LogP contribution in [0.15, 0.2) is 28.7 Å². The number of benzene rings is 1. The Labute approximate surface area is 116 Å². The molecule has 0 aliphatic heterocycles. The molecule has 96 valence electrons. The van der Waals surface area contributed by atoms with Gasteiger partial charge in [0.05, 0.1) is 21.5 Å². The quantitative estimate of drug-likeness (QED) is 0.938. The molecular weight excluding hydrogens is 290 g/mol. The van der Waals surface area contributed by atoms with E-state index in [0.29, 0.717) is 0 Å². The van der Waals surface area contributed by atoms with Crippen LogP contribution in [-0.2, 0) is 6.54 Å². The summed E-state index contributed by atoms with van der Waals surface area (Å²) in [7, 11) is 0. The first-order valence-corrected chi connectivity index (χ1v) is 6.94. The molecule has 0 aliphatic carbocycles. The molecule has 0 spiro atoms. The molecule has 2 rings (SSSR count). The van der Waals surface area contributed by atoms with Crippen LogP contribution in [0.2, 0.25) is 0 Å². The summed E-state index contributed by atoms with van der Waals surface area (Å²) in [6.45, 7) is 8.09. The number of halogens is 1. The molecule has 1 heterocycles. The molecule has 0 radical (unpaired) electrons. The van der Waals surface area contributed by atoms with Crippen molar-refractivity contribution in [2.45, 2.75) is 27.3 Å². The van der Waals surface area contributed by atoms with E-state index in [2.05, 4.69) is 64.5 Å². The summed E-state index contributed by atoms with van der Waals surface area (Å²) in [5.74, 6) is 0. The second-order valence-corrected chi connectivity index (χ2v) is 5.14. The lowest BCUT2D eigenvalue weighted by molar-refractivity contribution is 0.726. The van der Waals surface area contributed by atoms with E-state index >= 15 is 0 Å². The van der Waals surface area contributed by atoms with Crippen molar-refractivity contribution in [2.24, 2.45) is 0 Å². The Bertz CT molecular complexity index is 529. The third-order valence-electron chi connectivity index (χ3n) is 2.96. The molecule has 0 aliphatic rings. The maximum absolute atomic E-state index is 4.53.